The minimum atomic E-state index is -3.51. The summed E-state index contributed by atoms with van der Waals surface area (Å²) in [5.74, 6) is 0.650. The fraction of sp³-hybridized carbons (Fsp3) is 0.381. The number of benzene rings is 1. The van der Waals surface area contributed by atoms with E-state index in [9.17, 15) is 13.2 Å². The molecule has 1 amide bonds. The summed E-state index contributed by atoms with van der Waals surface area (Å²) in [5, 5.41) is 12.1. The van der Waals surface area contributed by atoms with Crippen LogP contribution < -0.4 is 5.32 Å². The lowest BCUT2D eigenvalue weighted by atomic mass is 10.1. The highest BCUT2D eigenvalue weighted by Gasteiger charge is 2.29. The number of nitrogens with zero attached hydrogens (tertiary/aromatic N) is 3. The van der Waals surface area contributed by atoms with E-state index in [2.05, 4.69) is 15.5 Å². The van der Waals surface area contributed by atoms with Crippen molar-refractivity contribution in [3.8, 4) is 10.7 Å². The quantitative estimate of drug-likeness (QED) is 0.494. The lowest BCUT2D eigenvalue weighted by Gasteiger charge is -2.31. The molecule has 4 rings (SSSR count). The monoisotopic (exact) mass is 491 g/mol. The lowest BCUT2D eigenvalue weighted by Crippen LogP contribution is -2.46. The number of nitrogens with one attached hydrogen (secondary N) is 2. The Bertz CT molecular complexity index is 1220. The Morgan fingerprint density at radius 2 is 1.97 bits per heavy atom. The van der Waals surface area contributed by atoms with Crippen molar-refractivity contribution in [2.75, 3.05) is 13.1 Å². The molecule has 0 spiro atoms. The average Bonchev–Trinajstić information content (AvgIpc) is 3.43. The third-order valence-electron chi connectivity index (χ3n) is 5.54. The number of aromatic nitrogens is 3. The van der Waals surface area contributed by atoms with Crippen molar-refractivity contribution in [1.29, 1.82) is 0 Å². The van der Waals surface area contributed by atoms with E-state index in [0.717, 1.165) is 16.3 Å². The highest BCUT2D eigenvalue weighted by Crippen LogP contribution is 2.23. The van der Waals surface area contributed by atoms with Crippen LogP contribution in [-0.2, 0) is 21.4 Å². The molecule has 3 aromatic rings. The molecule has 2 N–H and O–H groups in total. The largest absolute Gasteiger partial charge is 0.353 e. The van der Waals surface area contributed by atoms with Gasteiger partial charge in [-0.2, -0.15) is 9.40 Å². The van der Waals surface area contributed by atoms with E-state index in [1.54, 1.807) is 35.6 Å². The van der Waals surface area contributed by atoms with Gasteiger partial charge in [0.1, 0.15) is 0 Å². The zero-order valence-electron chi connectivity index (χ0n) is 17.7. The van der Waals surface area contributed by atoms with Crippen LogP contribution in [0.2, 0.25) is 0 Å². The molecule has 0 atom stereocenters. The van der Waals surface area contributed by atoms with Crippen LogP contribution in [0.4, 0.5) is 0 Å². The van der Waals surface area contributed by atoms with Crippen LogP contribution >= 0.6 is 23.6 Å². The van der Waals surface area contributed by atoms with Crippen molar-refractivity contribution < 1.29 is 13.2 Å². The van der Waals surface area contributed by atoms with Crippen molar-refractivity contribution in [1.82, 2.24) is 24.4 Å². The molecule has 0 unspecified atom stereocenters. The third kappa shape index (κ3) is 5.01. The van der Waals surface area contributed by atoms with Gasteiger partial charge in [0, 0.05) is 32.1 Å². The second-order valence-electron chi connectivity index (χ2n) is 7.79. The van der Waals surface area contributed by atoms with E-state index in [1.165, 1.54) is 4.31 Å². The smallest absolute Gasteiger partial charge is 0.243 e. The predicted molar refractivity (Wildman–Crippen MR) is 126 cm³/mol. The molecule has 1 aliphatic rings. The number of carbonyl (C=O) groups is 1. The first kappa shape index (κ1) is 22.8. The van der Waals surface area contributed by atoms with Crippen LogP contribution in [0.15, 0.2) is 46.7 Å². The number of hydrogen-bond acceptors (Lipinski definition) is 6. The van der Waals surface area contributed by atoms with E-state index in [-0.39, 0.29) is 18.4 Å². The van der Waals surface area contributed by atoms with Crippen LogP contribution in [0.5, 0.6) is 0 Å². The van der Waals surface area contributed by atoms with Gasteiger partial charge in [0.15, 0.2) is 10.6 Å². The molecular weight excluding hydrogens is 466 g/mol. The molecule has 0 saturated carbocycles. The maximum Gasteiger partial charge on any atom is 0.243 e. The second-order valence-corrected chi connectivity index (χ2v) is 11.1. The Morgan fingerprint density at radius 1 is 1.25 bits per heavy atom. The van der Waals surface area contributed by atoms with Crippen molar-refractivity contribution in [3.05, 3.63) is 52.1 Å². The second kappa shape index (κ2) is 9.65. The van der Waals surface area contributed by atoms with Gasteiger partial charge in [0.25, 0.3) is 0 Å². The zero-order chi connectivity index (χ0) is 22.7. The van der Waals surface area contributed by atoms with Crippen molar-refractivity contribution >= 4 is 39.5 Å². The number of aromatic amines is 1. The van der Waals surface area contributed by atoms with Gasteiger partial charge in [-0.15, -0.1) is 11.3 Å². The molecule has 1 fully saturated rings. The van der Waals surface area contributed by atoms with Crippen LogP contribution in [0.1, 0.15) is 24.8 Å². The van der Waals surface area contributed by atoms with E-state index in [1.807, 2.05) is 29.0 Å². The van der Waals surface area contributed by atoms with E-state index < -0.39 is 10.0 Å². The number of hydrogen-bond donors (Lipinski definition) is 2. The van der Waals surface area contributed by atoms with Gasteiger partial charge < -0.3 is 5.32 Å². The Morgan fingerprint density at radius 3 is 2.62 bits per heavy atom. The first-order valence-electron chi connectivity index (χ1n) is 10.4. The van der Waals surface area contributed by atoms with Crippen LogP contribution in [0, 0.1) is 11.7 Å². The lowest BCUT2D eigenvalue weighted by molar-refractivity contribution is -0.122. The summed E-state index contributed by atoms with van der Waals surface area (Å²) >= 11 is 6.87. The highest BCUT2D eigenvalue weighted by atomic mass is 32.2. The molecule has 1 aromatic carbocycles. The molecule has 1 saturated heterocycles. The number of H-pyrrole nitrogens is 1. The van der Waals surface area contributed by atoms with Crippen molar-refractivity contribution in [2.24, 2.45) is 0 Å². The Hall–Kier alpha value is -2.34. The van der Waals surface area contributed by atoms with Crippen molar-refractivity contribution in [3.63, 3.8) is 0 Å². The first-order valence-corrected chi connectivity index (χ1v) is 13.1. The standard InChI is InChI=1S/C21H25N5O3S3/c1-15-4-6-17(7-5-15)32(28,29)25-11-8-16(9-12-25)22-19(27)10-13-26-20(23-24-21(26)30)18-3-2-14-31-18/h2-7,14,16H,8-13H2,1H3,(H,22,27)(H,24,30). The molecule has 0 radical (unpaired) electrons. The minimum Gasteiger partial charge on any atom is -0.353 e. The van der Waals surface area contributed by atoms with Gasteiger partial charge in [0.05, 0.1) is 9.77 Å². The molecule has 32 heavy (non-hydrogen) atoms. The van der Waals surface area contributed by atoms with Gasteiger partial charge in [0.2, 0.25) is 15.9 Å². The molecule has 0 aliphatic carbocycles. The number of thiophene rings is 1. The van der Waals surface area contributed by atoms with Gasteiger partial charge in [-0.05, 0) is 55.6 Å². The summed E-state index contributed by atoms with van der Waals surface area (Å²) < 4.78 is 29.5. The summed E-state index contributed by atoms with van der Waals surface area (Å²) in [7, 11) is -3.51. The number of rotatable bonds is 7. The van der Waals surface area contributed by atoms with Crippen LogP contribution in [0.25, 0.3) is 10.7 Å². The maximum atomic E-state index is 12.8. The Kier molecular flexibility index (Phi) is 6.89. The average molecular weight is 492 g/mol. The van der Waals surface area contributed by atoms with E-state index >= 15 is 0 Å². The predicted octanol–water partition coefficient (Wildman–Crippen LogP) is 3.34. The summed E-state index contributed by atoms with van der Waals surface area (Å²) in [4.78, 5) is 13.8. The van der Waals surface area contributed by atoms with Gasteiger partial charge >= 0.3 is 0 Å². The number of sulfonamides is 1. The molecule has 1 aliphatic heterocycles. The molecule has 3 heterocycles. The molecule has 170 valence electrons. The molecule has 0 bridgehead atoms. The zero-order valence-corrected chi connectivity index (χ0v) is 20.1. The number of carbonyl (C=O) groups excluding carboxylic acids is 1. The summed E-state index contributed by atoms with van der Waals surface area (Å²) in [5.41, 5.74) is 1.02. The first-order chi connectivity index (χ1) is 15.3. The SMILES string of the molecule is Cc1ccc(S(=O)(=O)N2CCC(NC(=O)CCn3c(-c4cccs4)n[nH]c3=S)CC2)cc1. The van der Waals surface area contributed by atoms with Gasteiger partial charge in [-0.1, -0.05) is 23.8 Å². The van der Waals surface area contributed by atoms with E-state index in [0.29, 0.717) is 42.1 Å². The summed E-state index contributed by atoms with van der Waals surface area (Å²) in [6, 6.07) is 10.8. The number of piperidine rings is 1. The Balaban J connectivity index is 1.30. The Labute approximate surface area is 196 Å². The highest BCUT2D eigenvalue weighted by molar-refractivity contribution is 7.89. The fourth-order valence-electron chi connectivity index (χ4n) is 3.73. The van der Waals surface area contributed by atoms with Crippen LogP contribution in [-0.4, -0.2) is 52.5 Å². The maximum absolute atomic E-state index is 12.8. The van der Waals surface area contributed by atoms with E-state index in [4.69, 9.17) is 12.2 Å². The van der Waals surface area contributed by atoms with Gasteiger partial charge in [-0.25, -0.2) is 8.42 Å². The molecule has 2 aromatic heterocycles. The topological polar surface area (TPSA) is 100 Å². The molecule has 11 heteroatoms. The fourth-order valence-corrected chi connectivity index (χ4v) is 6.15. The molecular formula is C21H25N5O3S3. The van der Waals surface area contributed by atoms with Crippen LogP contribution in [0.3, 0.4) is 0 Å². The minimum absolute atomic E-state index is 0.0407. The number of amides is 1. The summed E-state index contributed by atoms with van der Waals surface area (Å²) in [6.45, 7) is 3.12. The number of aryl methyl sites for hydroxylation is 1. The third-order valence-corrected chi connectivity index (χ3v) is 8.63. The van der Waals surface area contributed by atoms with Crippen molar-refractivity contribution in [2.45, 2.75) is 43.7 Å². The summed E-state index contributed by atoms with van der Waals surface area (Å²) in [6.07, 6.45) is 1.44. The normalized spacial score (nSPS) is 15.7. The van der Waals surface area contributed by atoms with Gasteiger partial charge in [-0.3, -0.25) is 14.5 Å². The molecule has 8 nitrogen and oxygen atoms in total.